The van der Waals surface area contributed by atoms with Gasteiger partial charge in [-0.3, -0.25) is 8.80 Å². The molecule has 17 heavy (non-hydrogen) atoms. The summed E-state index contributed by atoms with van der Waals surface area (Å²) in [4.78, 5) is 0. The second-order valence-corrected chi connectivity index (χ2v) is 6.58. The van der Waals surface area contributed by atoms with Crippen molar-refractivity contribution in [2.75, 3.05) is 0 Å². The van der Waals surface area contributed by atoms with Crippen LogP contribution in [0.1, 0.15) is 11.1 Å². The van der Waals surface area contributed by atoms with E-state index in [0.29, 0.717) is 0 Å². The molecule has 82 valence electrons. The first-order valence-electron chi connectivity index (χ1n) is 5.65. The molecule has 0 nitrogen and oxygen atoms in total. The van der Waals surface area contributed by atoms with E-state index in [-0.39, 0.29) is 18.9 Å². The Labute approximate surface area is 118 Å². The zero-order valence-corrected chi connectivity index (χ0v) is 12.1. The third-order valence-electron chi connectivity index (χ3n) is 3.10. The van der Waals surface area contributed by atoms with Crippen LogP contribution in [-0.4, -0.2) is 8.80 Å². The van der Waals surface area contributed by atoms with Crippen LogP contribution in [0.2, 0.25) is 6.55 Å². The Morgan fingerprint density at radius 3 is 1.41 bits per heavy atom. The van der Waals surface area contributed by atoms with Crippen LogP contribution in [0.3, 0.4) is 0 Å². The van der Waals surface area contributed by atoms with E-state index in [1.807, 2.05) is 0 Å². The van der Waals surface area contributed by atoms with E-state index in [4.69, 9.17) is 0 Å². The van der Waals surface area contributed by atoms with Crippen molar-refractivity contribution in [3.63, 3.8) is 0 Å². The largest absolute Gasteiger partial charge is 1.00 e. The number of rotatable bonds is 2. The van der Waals surface area contributed by atoms with Crippen molar-refractivity contribution in [2.24, 2.45) is 0 Å². The maximum absolute atomic E-state index is 2.38. The van der Waals surface area contributed by atoms with Crippen molar-refractivity contribution < 1.29 is 18.9 Å². The first-order chi connectivity index (χ1) is 7.70. The standard InChI is InChI=1S/C15H17Si.Li/c1-12-8-4-6-10-14(12)16(3)15-11-7-5-9-13(15)2;/h4-11H,1-3H3;/q-1;+1. The number of hydrogen-bond donors (Lipinski definition) is 0. The minimum atomic E-state index is -0.605. The van der Waals surface area contributed by atoms with E-state index in [2.05, 4.69) is 68.9 Å². The third kappa shape index (κ3) is 3.13. The number of hydrogen-bond acceptors (Lipinski definition) is 0. The summed E-state index contributed by atoms with van der Waals surface area (Å²) in [6.45, 7) is 6.80. The van der Waals surface area contributed by atoms with Crippen LogP contribution in [0.25, 0.3) is 0 Å². The second kappa shape index (κ2) is 6.26. The zero-order valence-electron chi connectivity index (χ0n) is 11.1. The molecule has 0 spiro atoms. The van der Waals surface area contributed by atoms with Crippen LogP contribution < -0.4 is 29.2 Å². The molecule has 0 radical (unpaired) electrons. The van der Waals surface area contributed by atoms with E-state index in [1.54, 1.807) is 0 Å². The summed E-state index contributed by atoms with van der Waals surface area (Å²) >= 11 is 0. The molecular formula is C15H17LiSi. The van der Waals surface area contributed by atoms with Gasteiger partial charge < -0.3 is 0 Å². The van der Waals surface area contributed by atoms with Crippen LogP contribution in [0.5, 0.6) is 0 Å². The predicted molar refractivity (Wildman–Crippen MR) is 73.2 cm³/mol. The summed E-state index contributed by atoms with van der Waals surface area (Å²) in [5, 5.41) is 3.06. The Kier molecular flexibility index (Phi) is 5.27. The summed E-state index contributed by atoms with van der Waals surface area (Å²) in [7, 11) is -0.605. The van der Waals surface area contributed by atoms with Crippen LogP contribution >= 0.6 is 0 Å². The van der Waals surface area contributed by atoms with Gasteiger partial charge >= 0.3 is 18.9 Å². The average Bonchev–Trinajstić information content (AvgIpc) is 2.29. The van der Waals surface area contributed by atoms with Crippen LogP contribution in [-0.2, 0) is 0 Å². The SMILES string of the molecule is Cc1ccccc1[Si-](C)c1ccccc1C.[Li+]. The number of benzene rings is 2. The molecule has 0 heterocycles. The van der Waals surface area contributed by atoms with E-state index >= 15 is 0 Å². The molecule has 0 aromatic heterocycles. The van der Waals surface area contributed by atoms with Gasteiger partial charge in [0.2, 0.25) is 0 Å². The summed E-state index contributed by atoms with van der Waals surface area (Å²) in [5.41, 5.74) is 2.84. The molecule has 2 heteroatoms. The minimum absolute atomic E-state index is 0. The predicted octanol–water partition coefficient (Wildman–Crippen LogP) is -0.454. The Bertz CT molecular complexity index is 448. The van der Waals surface area contributed by atoms with Gasteiger partial charge in [0.25, 0.3) is 0 Å². The molecule has 2 rings (SSSR count). The van der Waals surface area contributed by atoms with Gasteiger partial charge in [-0.25, -0.2) is 0 Å². The fourth-order valence-electron chi connectivity index (χ4n) is 2.13. The quantitative estimate of drug-likeness (QED) is 0.615. The van der Waals surface area contributed by atoms with E-state index in [9.17, 15) is 0 Å². The van der Waals surface area contributed by atoms with Crippen molar-refractivity contribution in [2.45, 2.75) is 20.4 Å². The molecule has 0 aliphatic carbocycles. The average molecular weight is 232 g/mol. The smallest absolute Gasteiger partial charge is 0.254 e. The van der Waals surface area contributed by atoms with Crippen LogP contribution in [0.4, 0.5) is 0 Å². The molecule has 0 N–H and O–H groups in total. The summed E-state index contributed by atoms with van der Waals surface area (Å²) in [6, 6.07) is 17.5. The van der Waals surface area contributed by atoms with Crippen molar-refractivity contribution in [3.05, 3.63) is 59.7 Å². The topological polar surface area (TPSA) is 0 Å². The molecule has 2 aromatic carbocycles. The van der Waals surface area contributed by atoms with Gasteiger partial charge in [0.1, 0.15) is 0 Å². The Balaban J connectivity index is 0.00000144. The van der Waals surface area contributed by atoms with Gasteiger partial charge in [-0.1, -0.05) is 59.7 Å². The Morgan fingerprint density at radius 1 is 0.706 bits per heavy atom. The van der Waals surface area contributed by atoms with Gasteiger partial charge in [-0.05, 0) is 13.8 Å². The summed E-state index contributed by atoms with van der Waals surface area (Å²) < 4.78 is 0. The summed E-state index contributed by atoms with van der Waals surface area (Å²) in [6.07, 6.45) is 0. The Hall–Kier alpha value is -0.746. The van der Waals surface area contributed by atoms with Crippen LogP contribution in [0, 0.1) is 13.8 Å². The zero-order chi connectivity index (χ0) is 11.5. The molecule has 0 bridgehead atoms. The van der Waals surface area contributed by atoms with Gasteiger partial charge in [0.05, 0.1) is 0 Å². The van der Waals surface area contributed by atoms with Crippen molar-refractivity contribution in [1.82, 2.24) is 0 Å². The molecular weight excluding hydrogens is 215 g/mol. The fourth-order valence-corrected chi connectivity index (χ4v) is 4.46. The molecule has 0 amide bonds. The summed E-state index contributed by atoms with van der Waals surface area (Å²) in [5.74, 6) is 0. The molecule has 2 aromatic rings. The number of aryl methyl sites for hydroxylation is 2. The maximum atomic E-state index is 2.38. The van der Waals surface area contributed by atoms with Crippen molar-refractivity contribution in [1.29, 1.82) is 0 Å². The molecule has 0 atom stereocenters. The van der Waals surface area contributed by atoms with Gasteiger partial charge in [-0.2, -0.15) is 16.9 Å². The van der Waals surface area contributed by atoms with Gasteiger partial charge in [0, 0.05) is 0 Å². The Morgan fingerprint density at radius 2 is 1.06 bits per heavy atom. The molecule has 0 unspecified atom stereocenters. The molecule has 0 saturated carbocycles. The fraction of sp³-hybridized carbons (Fsp3) is 0.200. The van der Waals surface area contributed by atoms with Gasteiger partial charge in [0.15, 0.2) is 0 Å². The monoisotopic (exact) mass is 232 g/mol. The second-order valence-electron chi connectivity index (χ2n) is 4.25. The van der Waals surface area contributed by atoms with Gasteiger partial charge in [-0.15, -0.1) is 0 Å². The van der Waals surface area contributed by atoms with Crippen molar-refractivity contribution >= 4 is 19.2 Å². The first-order valence-corrected chi connectivity index (χ1v) is 7.65. The van der Waals surface area contributed by atoms with Crippen molar-refractivity contribution in [3.8, 4) is 0 Å². The van der Waals surface area contributed by atoms with E-state index in [1.165, 1.54) is 21.5 Å². The van der Waals surface area contributed by atoms with Crippen LogP contribution in [0.15, 0.2) is 48.5 Å². The molecule has 0 aliphatic heterocycles. The first kappa shape index (κ1) is 14.3. The van der Waals surface area contributed by atoms with E-state index in [0.717, 1.165) is 0 Å². The maximum Gasteiger partial charge on any atom is 1.00 e. The minimum Gasteiger partial charge on any atom is -0.254 e. The molecule has 0 saturated heterocycles. The molecule has 0 aliphatic rings. The van der Waals surface area contributed by atoms with E-state index < -0.39 is 8.80 Å². The molecule has 0 fully saturated rings. The third-order valence-corrected chi connectivity index (χ3v) is 5.84. The normalized spacial score (nSPS) is 9.59.